The van der Waals surface area contributed by atoms with Gasteiger partial charge in [0.1, 0.15) is 12.6 Å². The zero-order valence-corrected chi connectivity index (χ0v) is 19.4. The van der Waals surface area contributed by atoms with Gasteiger partial charge in [0.25, 0.3) is 0 Å². The second-order valence-corrected chi connectivity index (χ2v) is 7.25. The van der Waals surface area contributed by atoms with Crippen LogP contribution in [0.15, 0.2) is 30.3 Å². The van der Waals surface area contributed by atoms with Crippen molar-refractivity contribution in [2.24, 2.45) is 11.8 Å². The first-order valence-electron chi connectivity index (χ1n) is 10.3. The molecule has 0 unspecified atom stereocenters. The number of hydrogen-bond donors (Lipinski definition) is 3. The number of alkyl carbamates (subject to hydrolysis) is 1. The zero-order chi connectivity index (χ0) is 25.7. The third-order valence-corrected chi connectivity index (χ3v) is 4.85. The number of ether oxygens (including phenoxy) is 4. The van der Waals surface area contributed by atoms with Gasteiger partial charge in [-0.1, -0.05) is 37.3 Å². The molecule has 0 aromatic heterocycles. The largest absolute Gasteiger partial charge is 0.468 e. The maximum Gasteiger partial charge on any atom is 0.407 e. The third kappa shape index (κ3) is 9.06. The lowest BCUT2D eigenvalue weighted by Crippen LogP contribution is -2.51. The molecule has 0 aliphatic carbocycles. The minimum absolute atomic E-state index is 0.0313. The molecule has 0 bridgehead atoms. The van der Waals surface area contributed by atoms with Crippen molar-refractivity contribution in [3.63, 3.8) is 0 Å². The van der Waals surface area contributed by atoms with Crippen LogP contribution in [0.5, 0.6) is 0 Å². The number of esters is 3. The van der Waals surface area contributed by atoms with Gasteiger partial charge >= 0.3 is 24.0 Å². The van der Waals surface area contributed by atoms with Crippen LogP contribution < -0.4 is 10.6 Å². The Balaban J connectivity index is 2.66. The molecule has 3 atom stereocenters. The smallest absolute Gasteiger partial charge is 0.407 e. The molecule has 1 rings (SSSR count). The molecular weight excluding hydrogens is 452 g/mol. The van der Waals surface area contributed by atoms with E-state index in [1.807, 2.05) is 6.07 Å². The number of aliphatic hydroxyl groups is 1. The van der Waals surface area contributed by atoms with Gasteiger partial charge in [0, 0.05) is 12.5 Å². The van der Waals surface area contributed by atoms with Crippen LogP contribution in [-0.4, -0.2) is 75.0 Å². The van der Waals surface area contributed by atoms with E-state index in [4.69, 9.17) is 4.74 Å². The number of benzene rings is 1. The lowest BCUT2D eigenvalue weighted by molar-refractivity contribution is -0.163. The van der Waals surface area contributed by atoms with Crippen LogP contribution in [0.25, 0.3) is 0 Å². The molecule has 0 spiro atoms. The number of rotatable bonds is 12. The van der Waals surface area contributed by atoms with Crippen LogP contribution in [0, 0.1) is 11.8 Å². The van der Waals surface area contributed by atoms with Crippen LogP contribution in [0.1, 0.15) is 18.9 Å². The highest BCUT2D eigenvalue weighted by molar-refractivity contribution is 5.96. The topological polar surface area (TPSA) is 167 Å². The molecule has 12 nitrogen and oxygen atoms in total. The highest BCUT2D eigenvalue weighted by Gasteiger charge is 2.42. The summed E-state index contributed by atoms with van der Waals surface area (Å²) in [6, 6.07) is 7.53. The van der Waals surface area contributed by atoms with Gasteiger partial charge in [-0.2, -0.15) is 0 Å². The Morgan fingerprint density at radius 2 is 1.47 bits per heavy atom. The van der Waals surface area contributed by atoms with Crippen molar-refractivity contribution in [2.75, 3.05) is 27.9 Å². The number of amides is 2. The molecule has 0 fully saturated rings. The van der Waals surface area contributed by atoms with Crippen LogP contribution in [0.3, 0.4) is 0 Å². The summed E-state index contributed by atoms with van der Waals surface area (Å²) in [5, 5.41) is 14.7. The molecule has 12 heteroatoms. The van der Waals surface area contributed by atoms with Crippen molar-refractivity contribution >= 4 is 29.9 Å². The predicted molar refractivity (Wildman–Crippen MR) is 116 cm³/mol. The molecule has 1 aromatic carbocycles. The van der Waals surface area contributed by atoms with Crippen molar-refractivity contribution in [1.29, 1.82) is 0 Å². The molecule has 3 N–H and O–H groups in total. The number of hydrogen-bond acceptors (Lipinski definition) is 10. The highest BCUT2D eigenvalue weighted by Crippen LogP contribution is 2.20. The van der Waals surface area contributed by atoms with E-state index in [-0.39, 0.29) is 13.2 Å². The molecule has 0 saturated heterocycles. The Kier molecular flexibility index (Phi) is 12.1. The summed E-state index contributed by atoms with van der Waals surface area (Å²) in [6.45, 7) is 1.09. The van der Waals surface area contributed by atoms with Gasteiger partial charge in [-0.25, -0.2) is 9.59 Å². The molecule has 2 amide bonds. The summed E-state index contributed by atoms with van der Waals surface area (Å²) in [5.74, 6) is -6.23. The first kappa shape index (κ1) is 28.4. The van der Waals surface area contributed by atoms with Gasteiger partial charge in [0.05, 0.1) is 33.9 Å². The van der Waals surface area contributed by atoms with Crippen molar-refractivity contribution in [3.8, 4) is 0 Å². The maximum absolute atomic E-state index is 12.4. The Morgan fingerprint density at radius 1 is 0.912 bits per heavy atom. The lowest BCUT2D eigenvalue weighted by Gasteiger charge is -2.27. The quantitative estimate of drug-likeness (QED) is 0.208. The summed E-state index contributed by atoms with van der Waals surface area (Å²) in [7, 11) is 3.19. The number of aliphatic hydroxyl groups excluding tert-OH is 1. The second-order valence-electron chi connectivity index (χ2n) is 7.25. The fourth-order valence-electron chi connectivity index (χ4n) is 3.00. The summed E-state index contributed by atoms with van der Waals surface area (Å²) in [6.07, 6.45) is -2.60. The van der Waals surface area contributed by atoms with E-state index in [1.54, 1.807) is 24.3 Å². The second kappa shape index (κ2) is 14.5. The molecule has 0 aliphatic heterocycles. The summed E-state index contributed by atoms with van der Waals surface area (Å²) in [4.78, 5) is 60.5. The van der Waals surface area contributed by atoms with E-state index in [0.717, 1.165) is 26.9 Å². The summed E-state index contributed by atoms with van der Waals surface area (Å²) >= 11 is 0. The molecule has 34 heavy (non-hydrogen) atoms. The van der Waals surface area contributed by atoms with Gasteiger partial charge < -0.3 is 34.7 Å². The molecular formula is C22H30N2O10. The number of carbonyl (C=O) groups is 5. The van der Waals surface area contributed by atoms with Crippen molar-refractivity contribution in [2.45, 2.75) is 32.1 Å². The van der Waals surface area contributed by atoms with Gasteiger partial charge in [0.15, 0.2) is 5.92 Å². The standard InChI is InChI=1S/C22H30N2O10/c1-13(17(19(27)31-2)20(28)32-3)18(21(29)33-4)24-16(26)10-15(25)11-23-22(30)34-12-14-8-6-5-7-9-14/h5-9,13,15,17-18,25H,10-12H2,1-4H3,(H,23,30)(H,24,26)/t13-,15+,18-/m1/s1. The van der Waals surface area contributed by atoms with Crippen LogP contribution in [0.2, 0.25) is 0 Å². The zero-order valence-electron chi connectivity index (χ0n) is 19.4. The van der Waals surface area contributed by atoms with Crippen LogP contribution >= 0.6 is 0 Å². The minimum atomic E-state index is -1.51. The number of carbonyl (C=O) groups excluding carboxylic acids is 5. The van der Waals surface area contributed by atoms with E-state index in [1.165, 1.54) is 6.92 Å². The van der Waals surface area contributed by atoms with E-state index in [9.17, 15) is 29.1 Å². The molecule has 0 radical (unpaired) electrons. The van der Waals surface area contributed by atoms with E-state index in [0.29, 0.717) is 0 Å². The van der Waals surface area contributed by atoms with Crippen molar-refractivity contribution in [3.05, 3.63) is 35.9 Å². The average Bonchev–Trinajstić information content (AvgIpc) is 2.84. The molecule has 0 heterocycles. The average molecular weight is 482 g/mol. The van der Waals surface area contributed by atoms with E-state index >= 15 is 0 Å². The van der Waals surface area contributed by atoms with Crippen LogP contribution in [0.4, 0.5) is 4.79 Å². The first-order valence-corrected chi connectivity index (χ1v) is 10.3. The first-order chi connectivity index (χ1) is 16.1. The lowest BCUT2D eigenvalue weighted by atomic mass is 9.87. The minimum Gasteiger partial charge on any atom is -0.468 e. The fraction of sp³-hybridized carbons (Fsp3) is 0.500. The monoisotopic (exact) mass is 482 g/mol. The predicted octanol–water partition coefficient (Wildman–Crippen LogP) is -0.0801. The Hall–Kier alpha value is -3.67. The fourth-order valence-corrected chi connectivity index (χ4v) is 3.00. The SMILES string of the molecule is COC(=O)C(C(=O)OC)[C@@H](C)[C@@H](NC(=O)C[C@H](O)CNC(=O)OCc1ccccc1)C(=O)OC. The van der Waals surface area contributed by atoms with Gasteiger partial charge in [-0.3, -0.25) is 14.4 Å². The molecule has 1 aromatic rings. The summed E-state index contributed by atoms with van der Waals surface area (Å²) < 4.78 is 18.9. The van der Waals surface area contributed by atoms with Crippen LogP contribution in [-0.2, 0) is 44.7 Å². The number of nitrogens with one attached hydrogen (secondary N) is 2. The van der Waals surface area contributed by atoms with Crippen molar-refractivity contribution in [1.82, 2.24) is 10.6 Å². The number of methoxy groups -OCH3 is 3. The summed E-state index contributed by atoms with van der Waals surface area (Å²) in [5.41, 5.74) is 0.776. The van der Waals surface area contributed by atoms with Gasteiger partial charge in [-0.15, -0.1) is 0 Å². The normalized spacial score (nSPS) is 13.1. The maximum atomic E-state index is 12.4. The highest BCUT2D eigenvalue weighted by atomic mass is 16.6. The Labute approximate surface area is 196 Å². The van der Waals surface area contributed by atoms with E-state index < -0.39 is 60.3 Å². The Bertz CT molecular complexity index is 829. The third-order valence-electron chi connectivity index (χ3n) is 4.85. The molecule has 0 saturated carbocycles. The van der Waals surface area contributed by atoms with Gasteiger partial charge in [-0.05, 0) is 5.56 Å². The van der Waals surface area contributed by atoms with E-state index in [2.05, 4.69) is 24.8 Å². The molecule has 0 aliphatic rings. The van der Waals surface area contributed by atoms with Crippen molar-refractivity contribution < 1.29 is 48.0 Å². The Morgan fingerprint density at radius 3 is 2.00 bits per heavy atom. The van der Waals surface area contributed by atoms with Gasteiger partial charge in [0.2, 0.25) is 5.91 Å². The molecule has 188 valence electrons.